The number of rotatable bonds is 4. The predicted molar refractivity (Wildman–Crippen MR) is 79.7 cm³/mol. The lowest BCUT2D eigenvalue weighted by molar-refractivity contribution is 0.0873. The Bertz CT molecular complexity index is 623. The van der Waals surface area contributed by atoms with Gasteiger partial charge in [0.1, 0.15) is 0 Å². The molecule has 0 aliphatic rings. The van der Waals surface area contributed by atoms with Gasteiger partial charge in [-0.05, 0) is 25.0 Å². The number of amides is 1. The van der Waals surface area contributed by atoms with Crippen molar-refractivity contribution in [1.29, 1.82) is 0 Å². The summed E-state index contributed by atoms with van der Waals surface area (Å²) in [5.74, 6) is -0.0865. The van der Waals surface area contributed by atoms with Crippen LogP contribution in [0.15, 0.2) is 30.3 Å². The highest BCUT2D eigenvalue weighted by Gasteiger charge is 2.14. The molecule has 0 saturated heterocycles. The maximum atomic E-state index is 12.2. The van der Waals surface area contributed by atoms with Crippen LogP contribution in [0.1, 0.15) is 29.9 Å². The molecule has 0 spiro atoms. The zero-order chi connectivity index (χ0) is 14.7. The second kappa shape index (κ2) is 6.01. The fourth-order valence-electron chi connectivity index (χ4n) is 1.96. The van der Waals surface area contributed by atoms with Crippen molar-refractivity contribution in [3.63, 3.8) is 0 Å². The van der Waals surface area contributed by atoms with Gasteiger partial charge in [-0.3, -0.25) is 9.78 Å². The van der Waals surface area contributed by atoms with Crippen molar-refractivity contribution in [2.45, 2.75) is 26.9 Å². The first-order valence-corrected chi connectivity index (χ1v) is 6.81. The Kier molecular flexibility index (Phi) is 4.35. The molecule has 0 aliphatic heterocycles. The zero-order valence-electron chi connectivity index (χ0n) is 12.1. The molecule has 1 atom stereocenters. The number of carbonyl (C=O) groups is 1. The highest BCUT2D eigenvalue weighted by atomic mass is 16.3. The number of benzene rings is 1. The summed E-state index contributed by atoms with van der Waals surface area (Å²) < 4.78 is 0. The normalized spacial score (nSPS) is 12.7. The fraction of sp³-hybridized carbons (Fsp3) is 0.375. The van der Waals surface area contributed by atoms with Crippen LogP contribution in [0.5, 0.6) is 0 Å². The molecule has 0 bridgehead atoms. The highest BCUT2D eigenvalue weighted by Crippen LogP contribution is 2.17. The third-order valence-electron chi connectivity index (χ3n) is 3.35. The number of fused-ring (bicyclic) bond motifs is 1. The molecule has 1 unspecified atom stereocenters. The van der Waals surface area contributed by atoms with Crippen molar-refractivity contribution in [1.82, 2.24) is 10.3 Å². The Morgan fingerprint density at radius 2 is 2.05 bits per heavy atom. The van der Waals surface area contributed by atoms with Gasteiger partial charge in [-0.15, -0.1) is 0 Å². The molecule has 20 heavy (non-hydrogen) atoms. The van der Waals surface area contributed by atoms with Crippen molar-refractivity contribution >= 4 is 16.8 Å². The first-order chi connectivity index (χ1) is 9.49. The smallest absolute Gasteiger partial charge is 0.253 e. The molecule has 0 fully saturated rings. The summed E-state index contributed by atoms with van der Waals surface area (Å²) >= 11 is 0. The minimum atomic E-state index is -0.538. The Hall–Kier alpha value is -1.94. The van der Waals surface area contributed by atoms with Gasteiger partial charge in [0.15, 0.2) is 0 Å². The van der Waals surface area contributed by atoms with Gasteiger partial charge in [0, 0.05) is 17.6 Å². The molecular weight excluding hydrogens is 252 g/mol. The quantitative estimate of drug-likeness (QED) is 0.897. The van der Waals surface area contributed by atoms with Gasteiger partial charge >= 0.3 is 0 Å². The number of aromatic nitrogens is 1. The van der Waals surface area contributed by atoms with Crippen molar-refractivity contribution in [2.24, 2.45) is 5.92 Å². The van der Waals surface area contributed by atoms with E-state index in [0.29, 0.717) is 11.1 Å². The number of hydrogen-bond acceptors (Lipinski definition) is 3. The van der Waals surface area contributed by atoms with E-state index in [9.17, 15) is 9.90 Å². The second-order valence-electron chi connectivity index (χ2n) is 5.35. The second-order valence-corrected chi connectivity index (χ2v) is 5.35. The van der Waals surface area contributed by atoms with Crippen molar-refractivity contribution in [2.75, 3.05) is 6.54 Å². The average molecular weight is 272 g/mol. The monoisotopic (exact) mass is 272 g/mol. The first kappa shape index (κ1) is 14.5. The minimum absolute atomic E-state index is 0.114. The highest BCUT2D eigenvalue weighted by molar-refractivity contribution is 6.05. The number of carbonyl (C=O) groups excluding carboxylic acids is 1. The summed E-state index contributed by atoms with van der Waals surface area (Å²) in [5.41, 5.74) is 2.12. The van der Waals surface area contributed by atoms with Crippen LogP contribution >= 0.6 is 0 Å². The van der Waals surface area contributed by atoms with Crippen molar-refractivity contribution in [3.8, 4) is 0 Å². The summed E-state index contributed by atoms with van der Waals surface area (Å²) in [6, 6.07) is 9.41. The number of aliphatic hydroxyl groups excluding tert-OH is 1. The van der Waals surface area contributed by atoms with Gasteiger partial charge in [-0.2, -0.15) is 0 Å². The van der Waals surface area contributed by atoms with E-state index in [4.69, 9.17) is 0 Å². The number of pyridine rings is 1. The molecule has 1 aromatic heterocycles. The van der Waals surface area contributed by atoms with Crippen LogP contribution in [-0.4, -0.2) is 28.6 Å². The molecule has 2 aromatic rings. The van der Waals surface area contributed by atoms with E-state index in [1.165, 1.54) is 0 Å². The van der Waals surface area contributed by atoms with E-state index in [1.807, 2.05) is 45.0 Å². The Morgan fingerprint density at radius 3 is 2.75 bits per heavy atom. The van der Waals surface area contributed by atoms with E-state index < -0.39 is 6.10 Å². The van der Waals surface area contributed by atoms with Gasteiger partial charge < -0.3 is 10.4 Å². The Balaban J connectivity index is 2.24. The fourth-order valence-corrected chi connectivity index (χ4v) is 1.96. The minimum Gasteiger partial charge on any atom is -0.391 e. The molecule has 0 saturated carbocycles. The van der Waals surface area contributed by atoms with Crippen molar-refractivity contribution < 1.29 is 9.90 Å². The molecular formula is C16H20N2O2. The Morgan fingerprint density at radius 1 is 1.30 bits per heavy atom. The predicted octanol–water partition coefficient (Wildman–Crippen LogP) is 2.29. The molecule has 4 nitrogen and oxygen atoms in total. The number of nitrogens with zero attached hydrogens (tertiary/aromatic N) is 1. The topological polar surface area (TPSA) is 62.2 Å². The van der Waals surface area contributed by atoms with E-state index in [0.717, 1.165) is 11.1 Å². The lowest BCUT2D eigenvalue weighted by Gasteiger charge is -2.15. The van der Waals surface area contributed by atoms with Gasteiger partial charge in [-0.25, -0.2) is 0 Å². The van der Waals surface area contributed by atoms with E-state index in [2.05, 4.69) is 10.3 Å². The molecule has 1 heterocycles. The maximum absolute atomic E-state index is 12.2. The van der Waals surface area contributed by atoms with Crippen LogP contribution < -0.4 is 5.32 Å². The lowest BCUT2D eigenvalue weighted by Crippen LogP contribution is -2.34. The van der Waals surface area contributed by atoms with E-state index >= 15 is 0 Å². The molecule has 1 amide bonds. The van der Waals surface area contributed by atoms with Gasteiger partial charge in [0.05, 0.1) is 17.2 Å². The van der Waals surface area contributed by atoms with Gasteiger partial charge in [0.2, 0.25) is 0 Å². The standard InChI is InChI=1S/C16H20N2O2/c1-10(2)14(19)9-17-16(20)13-6-4-5-12-8-7-11(3)18-15(12)13/h4-8,10,14,19H,9H2,1-3H3,(H,17,20). The third-order valence-corrected chi connectivity index (χ3v) is 3.35. The van der Waals surface area contributed by atoms with Gasteiger partial charge in [0.25, 0.3) is 5.91 Å². The summed E-state index contributed by atoms with van der Waals surface area (Å²) in [7, 11) is 0. The van der Waals surface area contributed by atoms with Crippen LogP contribution in [0, 0.1) is 12.8 Å². The van der Waals surface area contributed by atoms with Crippen molar-refractivity contribution in [3.05, 3.63) is 41.6 Å². The summed E-state index contributed by atoms with van der Waals surface area (Å²) in [6.45, 7) is 5.98. The van der Waals surface area contributed by atoms with Crippen LogP contribution in [0.4, 0.5) is 0 Å². The number of hydrogen-bond donors (Lipinski definition) is 2. The number of para-hydroxylation sites is 1. The molecule has 1 aromatic carbocycles. The Labute approximate surface area is 118 Å². The third kappa shape index (κ3) is 3.14. The molecule has 2 N–H and O–H groups in total. The molecule has 106 valence electrons. The summed E-state index contributed by atoms with van der Waals surface area (Å²) in [5, 5.41) is 13.4. The van der Waals surface area contributed by atoms with Gasteiger partial charge in [-0.1, -0.05) is 32.0 Å². The first-order valence-electron chi connectivity index (χ1n) is 6.81. The zero-order valence-corrected chi connectivity index (χ0v) is 12.1. The van der Waals surface area contributed by atoms with Crippen LogP contribution in [0.2, 0.25) is 0 Å². The molecule has 0 aliphatic carbocycles. The molecule has 2 rings (SSSR count). The molecule has 0 radical (unpaired) electrons. The van der Waals surface area contributed by atoms with Crippen LogP contribution in [0.3, 0.4) is 0 Å². The largest absolute Gasteiger partial charge is 0.391 e. The van der Waals surface area contributed by atoms with Crippen LogP contribution in [-0.2, 0) is 0 Å². The number of nitrogens with one attached hydrogen (secondary N) is 1. The van der Waals surface area contributed by atoms with Crippen LogP contribution in [0.25, 0.3) is 10.9 Å². The maximum Gasteiger partial charge on any atom is 0.253 e. The number of aliphatic hydroxyl groups is 1. The summed E-state index contributed by atoms with van der Waals surface area (Å²) in [6.07, 6.45) is -0.538. The number of aryl methyl sites for hydroxylation is 1. The lowest BCUT2D eigenvalue weighted by atomic mass is 10.1. The summed E-state index contributed by atoms with van der Waals surface area (Å²) in [4.78, 5) is 16.7. The van der Waals surface area contributed by atoms with E-state index in [1.54, 1.807) is 6.07 Å². The SMILES string of the molecule is Cc1ccc2cccc(C(=O)NCC(O)C(C)C)c2n1. The average Bonchev–Trinajstić information content (AvgIpc) is 2.43. The van der Waals surface area contributed by atoms with E-state index in [-0.39, 0.29) is 18.4 Å². The molecule has 4 heteroatoms.